The van der Waals surface area contributed by atoms with Crippen molar-refractivity contribution in [2.75, 3.05) is 0 Å². The second kappa shape index (κ2) is 8.01. The van der Waals surface area contributed by atoms with E-state index in [9.17, 15) is 14.7 Å². The molecule has 0 bridgehead atoms. The van der Waals surface area contributed by atoms with Crippen LogP contribution in [0.25, 0.3) is 11.0 Å². The minimum atomic E-state index is -0.903. The highest BCUT2D eigenvalue weighted by Crippen LogP contribution is 2.33. The average molecular weight is 376 g/mol. The lowest BCUT2D eigenvalue weighted by atomic mass is 9.92. The van der Waals surface area contributed by atoms with Crippen molar-refractivity contribution in [2.45, 2.75) is 44.9 Å². The highest BCUT2D eigenvalue weighted by Gasteiger charge is 2.24. The number of fused-ring (bicyclic) bond motifs is 3. The number of furan rings is 1. The standard InChI is InChI=1S/C24H24O4/c25-21(14-18(24(26)27)9-4-8-16-6-2-1-3-7-16)17-12-13-20-19-10-5-11-22(19)28-23(20)15-17/h1-3,6-7,12-13,15,18H,4-5,8-11,14H2,(H,26,27). The molecule has 2 aromatic carbocycles. The lowest BCUT2D eigenvalue weighted by molar-refractivity contribution is -0.141. The first-order chi connectivity index (χ1) is 13.6. The molecule has 3 aromatic rings. The van der Waals surface area contributed by atoms with Crippen LogP contribution < -0.4 is 0 Å². The molecule has 0 saturated heterocycles. The number of carbonyl (C=O) groups excluding carboxylic acids is 1. The van der Waals surface area contributed by atoms with E-state index in [1.54, 1.807) is 6.07 Å². The SMILES string of the molecule is O=C(CC(CCCc1ccccc1)C(=O)O)c1ccc2c3c(oc2c1)CCC3. The monoisotopic (exact) mass is 376 g/mol. The molecule has 0 radical (unpaired) electrons. The van der Waals surface area contributed by atoms with Crippen LogP contribution in [0.5, 0.6) is 0 Å². The number of aliphatic carboxylic acids is 1. The van der Waals surface area contributed by atoms with Gasteiger partial charge in [-0.05, 0) is 43.7 Å². The molecule has 28 heavy (non-hydrogen) atoms. The van der Waals surface area contributed by atoms with E-state index in [1.807, 2.05) is 42.5 Å². The third kappa shape index (κ3) is 3.86. The molecule has 144 valence electrons. The van der Waals surface area contributed by atoms with E-state index in [-0.39, 0.29) is 12.2 Å². The Hall–Kier alpha value is -2.88. The zero-order chi connectivity index (χ0) is 19.5. The molecule has 1 aliphatic carbocycles. The van der Waals surface area contributed by atoms with Crippen molar-refractivity contribution >= 4 is 22.7 Å². The molecule has 0 spiro atoms. The van der Waals surface area contributed by atoms with Gasteiger partial charge in [0.25, 0.3) is 0 Å². The van der Waals surface area contributed by atoms with Gasteiger partial charge in [0, 0.05) is 29.4 Å². The van der Waals surface area contributed by atoms with Crippen molar-refractivity contribution in [1.29, 1.82) is 0 Å². The summed E-state index contributed by atoms with van der Waals surface area (Å²) in [6, 6.07) is 15.5. The summed E-state index contributed by atoms with van der Waals surface area (Å²) in [5.74, 6) is -0.664. The number of carboxylic acid groups (broad SMARTS) is 1. The number of aryl methyl sites for hydroxylation is 3. The normalized spacial score (nSPS) is 14.1. The van der Waals surface area contributed by atoms with Gasteiger partial charge in [-0.3, -0.25) is 9.59 Å². The number of carboxylic acids is 1. The van der Waals surface area contributed by atoms with Gasteiger partial charge in [-0.15, -0.1) is 0 Å². The number of ketones is 1. The second-order valence-corrected chi connectivity index (χ2v) is 7.61. The maximum atomic E-state index is 12.7. The maximum Gasteiger partial charge on any atom is 0.306 e. The third-order valence-electron chi connectivity index (χ3n) is 5.67. The number of carbonyl (C=O) groups is 2. The molecule has 4 heteroatoms. The summed E-state index contributed by atoms with van der Waals surface area (Å²) in [5.41, 5.74) is 3.73. The van der Waals surface area contributed by atoms with Crippen LogP contribution in [0.2, 0.25) is 0 Å². The number of hydrogen-bond acceptors (Lipinski definition) is 3. The Morgan fingerprint density at radius 3 is 2.68 bits per heavy atom. The van der Waals surface area contributed by atoms with Gasteiger partial charge in [-0.1, -0.05) is 42.5 Å². The molecule has 1 aromatic heterocycles. The van der Waals surface area contributed by atoms with E-state index < -0.39 is 11.9 Å². The Bertz CT molecular complexity index is 1000. The predicted octanol–water partition coefficient (Wildman–Crippen LogP) is 5.22. The first-order valence-corrected chi connectivity index (χ1v) is 9.96. The molecule has 1 N–H and O–H groups in total. The van der Waals surface area contributed by atoms with Crippen molar-refractivity contribution < 1.29 is 19.1 Å². The molecule has 4 nitrogen and oxygen atoms in total. The van der Waals surface area contributed by atoms with Crippen LogP contribution in [0.3, 0.4) is 0 Å². The Balaban J connectivity index is 1.41. The molecule has 0 amide bonds. The highest BCUT2D eigenvalue weighted by atomic mass is 16.4. The Morgan fingerprint density at radius 2 is 1.89 bits per heavy atom. The summed E-state index contributed by atoms with van der Waals surface area (Å²) in [4.78, 5) is 24.4. The van der Waals surface area contributed by atoms with Crippen LogP contribution in [-0.2, 0) is 24.1 Å². The van der Waals surface area contributed by atoms with Gasteiger partial charge < -0.3 is 9.52 Å². The van der Waals surface area contributed by atoms with Crippen LogP contribution >= 0.6 is 0 Å². The Morgan fingerprint density at radius 1 is 1.07 bits per heavy atom. The average Bonchev–Trinajstić information content (AvgIpc) is 3.28. The van der Waals surface area contributed by atoms with E-state index in [1.165, 1.54) is 11.1 Å². The zero-order valence-electron chi connectivity index (χ0n) is 15.8. The molecular formula is C24H24O4. The van der Waals surface area contributed by atoms with E-state index >= 15 is 0 Å². The summed E-state index contributed by atoms with van der Waals surface area (Å²) < 4.78 is 5.90. The summed E-state index contributed by atoms with van der Waals surface area (Å²) in [6.07, 6.45) is 5.19. The van der Waals surface area contributed by atoms with Crippen molar-refractivity contribution in [1.82, 2.24) is 0 Å². The first-order valence-electron chi connectivity index (χ1n) is 9.96. The summed E-state index contributed by atoms with van der Waals surface area (Å²) in [5, 5.41) is 10.6. The van der Waals surface area contributed by atoms with Crippen LogP contribution in [0.15, 0.2) is 52.9 Å². The highest BCUT2D eigenvalue weighted by molar-refractivity contribution is 6.01. The van der Waals surface area contributed by atoms with Crippen LogP contribution in [0, 0.1) is 5.92 Å². The number of Topliss-reactive ketones (excluding diaryl/α,β-unsaturated/α-hetero) is 1. The second-order valence-electron chi connectivity index (χ2n) is 7.61. The predicted molar refractivity (Wildman–Crippen MR) is 108 cm³/mol. The van der Waals surface area contributed by atoms with Gasteiger partial charge in [0.1, 0.15) is 11.3 Å². The Kier molecular flexibility index (Phi) is 5.29. The van der Waals surface area contributed by atoms with Crippen molar-refractivity contribution in [2.24, 2.45) is 5.92 Å². The van der Waals surface area contributed by atoms with Gasteiger partial charge in [0.15, 0.2) is 5.78 Å². The molecular weight excluding hydrogens is 352 g/mol. The lowest BCUT2D eigenvalue weighted by Crippen LogP contribution is -2.18. The fourth-order valence-electron chi connectivity index (χ4n) is 4.13. The molecule has 1 aliphatic rings. The van der Waals surface area contributed by atoms with Gasteiger partial charge in [0.05, 0.1) is 5.92 Å². The van der Waals surface area contributed by atoms with Crippen LogP contribution in [0.1, 0.15) is 52.9 Å². The van der Waals surface area contributed by atoms with Crippen molar-refractivity contribution in [3.8, 4) is 0 Å². The van der Waals surface area contributed by atoms with E-state index in [2.05, 4.69) is 0 Å². The van der Waals surface area contributed by atoms with Gasteiger partial charge in [0.2, 0.25) is 0 Å². The van der Waals surface area contributed by atoms with Gasteiger partial charge >= 0.3 is 5.97 Å². The summed E-state index contributed by atoms with van der Waals surface area (Å²) in [6.45, 7) is 0. The van der Waals surface area contributed by atoms with Crippen molar-refractivity contribution in [3.05, 3.63) is 71.0 Å². The van der Waals surface area contributed by atoms with Gasteiger partial charge in [-0.2, -0.15) is 0 Å². The Labute approximate surface area is 164 Å². The molecule has 1 heterocycles. The minimum Gasteiger partial charge on any atom is -0.481 e. The summed E-state index contributed by atoms with van der Waals surface area (Å²) >= 11 is 0. The number of rotatable bonds is 8. The van der Waals surface area contributed by atoms with Crippen LogP contribution in [-0.4, -0.2) is 16.9 Å². The molecule has 1 atom stereocenters. The van der Waals surface area contributed by atoms with E-state index in [0.717, 1.165) is 48.8 Å². The first kappa shape index (κ1) is 18.5. The van der Waals surface area contributed by atoms with E-state index in [0.29, 0.717) is 12.0 Å². The molecule has 0 aliphatic heterocycles. The quantitative estimate of drug-likeness (QED) is 0.548. The smallest absolute Gasteiger partial charge is 0.306 e. The number of benzene rings is 2. The van der Waals surface area contributed by atoms with Crippen molar-refractivity contribution in [3.63, 3.8) is 0 Å². The molecule has 4 rings (SSSR count). The third-order valence-corrected chi connectivity index (χ3v) is 5.67. The topological polar surface area (TPSA) is 67.5 Å². The number of hydrogen-bond donors (Lipinski definition) is 1. The minimum absolute atomic E-state index is 0.0239. The van der Waals surface area contributed by atoms with Gasteiger partial charge in [-0.25, -0.2) is 0 Å². The lowest BCUT2D eigenvalue weighted by Gasteiger charge is -2.12. The fourth-order valence-corrected chi connectivity index (χ4v) is 4.13. The molecule has 0 fully saturated rings. The molecule has 0 saturated carbocycles. The van der Waals surface area contributed by atoms with E-state index in [4.69, 9.17) is 4.42 Å². The molecule has 1 unspecified atom stereocenters. The van der Waals surface area contributed by atoms with Crippen LogP contribution in [0.4, 0.5) is 0 Å². The zero-order valence-corrected chi connectivity index (χ0v) is 15.8. The maximum absolute atomic E-state index is 12.7. The summed E-state index contributed by atoms with van der Waals surface area (Å²) in [7, 11) is 0. The fraction of sp³-hybridized carbons (Fsp3) is 0.333. The largest absolute Gasteiger partial charge is 0.481 e.